The van der Waals surface area contributed by atoms with Crippen LogP contribution in [0.2, 0.25) is 0 Å². The first kappa shape index (κ1) is 17.0. The van der Waals surface area contributed by atoms with Crippen molar-refractivity contribution in [1.29, 1.82) is 0 Å². The number of nitrogens with one attached hydrogen (secondary N) is 2. The number of aliphatic hydroxyl groups excluding tert-OH is 1. The zero-order valence-corrected chi connectivity index (χ0v) is 11.1. The highest BCUT2D eigenvalue weighted by Gasteiger charge is 2.29. The van der Waals surface area contributed by atoms with Gasteiger partial charge in [-0.25, -0.2) is 9.78 Å². The van der Waals surface area contributed by atoms with Gasteiger partial charge < -0.3 is 20.5 Å². The first-order chi connectivity index (χ1) is 9.92. The normalized spacial score (nSPS) is 11.0. The van der Waals surface area contributed by atoms with Gasteiger partial charge in [0, 0.05) is 31.5 Å². The van der Waals surface area contributed by atoms with Crippen molar-refractivity contribution in [3.63, 3.8) is 0 Å². The number of aliphatic hydroxyl groups is 1. The lowest BCUT2D eigenvalue weighted by Gasteiger charge is -2.12. The molecule has 1 aromatic rings. The van der Waals surface area contributed by atoms with E-state index >= 15 is 0 Å². The van der Waals surface area contributed by atoms with Crippen molar-refractivity contribution in [3.05, 3.63) is 23.9 Å². The van der Waals surface area contributed by atoms with Gasteiger partial charge in [0.05, 0.1) is 0 Å². The smallest absolute Gasteiger partial charge is 0.422 e. The van der Waals surface area contributed by atoms with E-state index in [1.807, 2.05) is 0 Å². The average Bonchev–Trinajstić information content (AvgIpc) is 2.43. The summed E-state index contributed by atoms with van der Waals surface area (Å²) in [6.45, 7) is -1.21. The minimum Gasteiger partial charge on any atom is -0.468 e. The molecule has 9 heteroatoms. The molecule has 1 aromatic heterocycles. The van der Waals surface area contributed by atoms with Crippen molar-refractivity contribution in [3.8, 4) is 5.88 Å². The summed E-state index contributed by atoms with van der Waals surface area (Å²) >= 11 is 0. The molecule has 0 aromatic carbocycles. The number of ether oxygens (including phenoxy) is 1. The van der Waals surface area contributed by atoms with Crippen LogP contribution in [-0.2, 0) is 6.54 Å². The highest BCUT2D eigenvalue weighted by molar-refractivity contribution is 5.73. The van der Waals surface area contributed by atoms with Crippen molar-refractivity contribution >= 4 is 6.03 Å². The largest absolute Gasteiger partial charge is 0.468 e. The summed E-state index contributed by atoms with van der Waals surface area (Å²) in [7, 11) is 0. The van der Waals surface area contributed by atoms with Crippen molar-refractivity contribution in [2.45, 2.75) is 19.1 Å². The van der Waals surface area contributed by atoms with E-state index < -0.39 is 18.8 Å². The Bertz CT molecular complexity index is 455. The Kier molecular flexibility index (Phi) is 6.73. The number of aromatic nitrogens is 1. The monoisotopic (exact) mass is 307 g/mol. The summed E-state index contributed by atoms with van der Waals surface area (Å²) in [4.78, 5) is 15.1. The number of urea groups is 1. The van der Waals surface area contributed by atoms with E-state index in [0.717, 1.165) is 0 Å². The lowest BCUT2D eigenvalue weighted by molar-refractivity contribution is -0.154. The Hall–Kier alpha value is -2.03. The van der Waals surface area contributed by atoms with Crippen LogP contribution in [0.1, 0.15) is 12.0 Å². The van der Waals surface area contributed by atoms with E-state index in [1.54, 1.807) is 0 Å². The molecule has 0 aliphatic heterocycles. The third-order valence-corrected chi connectivity index (χ3v) is 2.28. The summed E-state index contributed by atoms with van der Waals surface area (Å²) in [5, 5.41) is 13.5. The molecule has 1 heterocycles. The summed E-state index contributed by atoms with van der Waals surface area (Å²) in [6, 6.07) is 2.54. The summed E-state index contributed by atoms with van der Waals surface area (Å²) in [6.07, 6.45) is -2.74. The molecule has 0 bridgehead atoms. The maximum atomic E-state index is 12.1. The number of alkyl halides is 3. The predicted molar refractivity (Wildman–Crippen MR) is 67.7 cm³/mol. The number of carbonyl (C=O) groups is 1. The van der Waals surface area contributed by atoms with Crippen LogP contribution in [-0.4, -0.2) is 42.1 Å². The highest BCUT2D eigenvalue weighted by Crippen LogP contribution is 2.19. The number of pyridine rings is 1. The van der Waals surface area contributed by atoms with Crippen molar-refractivity contribution in [2.75, 3.05) is 19.8 Å². The Morgan fingerprint density at radius 3 is 2.81 bits per heavy atom. The second-order valence-corrected chi connectivity index (χ2v) is 4.06. The van der Waals surface area contributed by atoms with Gasteiger partial charge in [-0.2, -0.15) is 13.2 Å². The molecule has 0 aliphatic rings. The number of hydrogen-bond donors (Lipinski definition) is 3. The van der Waals surface area contributed by atoms with Gasteiger partial charge in [-0.15, -0.1) is 0 Å². The lowest BCUT2D eigenvalue weighted by Crippen LogP contribution is -2.36. The van der Waals surface area contributed by atoms with Crippen LogP contribution in [0.5, 0.6) is 5.88 Å². The number of rotatable bonds is 7. The lowest BCUT2D eigenvalue weighted by atomic mass is 10.2. The molecule has 2 amide bonds. The SMILES string of the molecule is O=C(NCCCO)NCc1cccnc1OCC(F)(F)F. The molecule has 1 rings (SSSR count). The number of amides is 2. The maximum absolute atomic E-state index is 12.1. The van der Waals surface area contributed by atoms with Crippen LogP contribution in [0.25, 0.3) is 0 Å². The molecule has 6 nitrogen and oxygen atoms in total. The van der Waals surface area contributed by atoms with Gasteiger partial charge in [0.2, 0.25) is 5.88 Å². The van der Waals surface area contributed by atoms with Crippen LogP contribution in [0.4, 0.5) is 18.0 Å². The van der Waals surface area contributed by atoms with Gasteiger partial charge in [-0.1, -0.05) is 6.07 Å². The maximum Gasteiger partial charge on any atom is 0.422 e. The third-order valence-electron chi connectivity index (χ3n) is 2.28. The molecule has 3 N–H and O–H groups in total. The first-order valence-electron chi connectivity index (χ1n) is 6.18. The molecule has 0 atom stereocenters. The molecule has 0 radical (unpaired) electrons. The van der Waals surface area contributed by atoms with E-state index in [4.69, 9.17) is 5.11 Å². The zero-order chi connectivity index (χ0) is 15.7. The first-order valence-corrected chi connectivity index (χ1v) is 6.18. The van der Waals surface area contributed by atoms with E-state index in [-0.39, 0.29) is 19.0 Å². The van der Waals surface area contributed by atoms with E-state index in [9.17, 15) is 18.0 Å². The Labute approximate surface area is 119 Å². The summed E-state index contributed by atoms with van der Waals surface area (Å²) in [5.41, 5.74) is 0.332. The quantitative estimate of drug-likeness (QED) is 0.661. The van der Waals surface area contributed by atoms with Crippen LogP contribution in [0, 0.1) is 0 Å². The second kappa shape index (κ2) is 8.30. The molecule has 0 saturated heterocycles. The Balaban J connectivity index is 2.49. The average molecular weight is 307 g/mol. The van der Waals surface area contributed by atoms with E-state index in [0.29, 0.717) is 18.5 Å². The standard InChI is InChI=1S/C12H16F3N3O3/c13-12(14,15)8-21-10-9(3-1-4-16-10)7-18-11(20)17-5-2-6-19/h1,3-4,19H,2,5-8H2,(H2,17,18,20). The molecule has 0 spiro atoms. The molecular formula is C12H16F3N3O3. The zero-order valence-electron chi connectivity index (χ0n) is 11.1. The number of nitrogens with zero attached hydrogens (tertiary/aromatic N) is 1. The molecule has 0 unspecified atom stereocenters. The van der Waals surface area contributed by atoms with Gasteiger partial charge >= 0.3 is 12.2 Å². The minimum absolute atomic E-state index is 0.0218. The molecule has 21 heavy (non-hydrogen) atoms. The fourth-order valence-corrected chi connectivity index (χ4v) is 1.36. The van der Waals surface area contributed by atoms with Crippen LogP contribution in [0.15, 0.2) is 18.3 Å². The summed E-state index contributed by atoms with van der Waals surface area (Å²) < 4.78 is 40.9. The predicted octanol–water partition coefficient (Wildman–Crippen LogP) is 1.20. The second-order valence-electron chi connectivity index (χ2n) is 4.06. The van der Waals surface area contributed by atoms with Crippen LogP contribution < -0.4 is 15.4 Å². The van der Waals surface area contributed by atoms with Crippen LogP contribution in [0.3, 0.4) is 0 Å². The third kappa shape index (κ3) is 7.35. The van der Waals surface area contributed by atoms with Crippen molar-refractivity contribution in [1.82, 2.24) is 15.6 Å². The topological polar surface area (TPSA) is 83.5 Å². The number of hydrogen-bond acceptors (Lipinski definition) is 4. The van der Waals surface area contributed by atoms with Gasteiger partial charge in [0.25, 0.3) is 0 Å². The molecule has 118 valence electrons. The van der Waals surface area contributed by atoms with Crippen molar-refractivity contribution < 1.29 is 27.8 Å². The molecule has 0 fully saturated rings. The van der Waals surface area contributed by atoms with Gasteiger partial charge in [-0.05, 0) is 12.5 Å². The minimum atomic E-state index is -4.45. The molecule has 0 aliphatic carbocycles. The van der Waals surface area contributed by atoms with Crippen molar-refractivity contribution in [2.24, 2.45) is 0 Å². The highest BCUT2D eigenvalue weighted by atomic mass is 19.4. The Morgan fingerprint density at radius 2 is 2.14 bits per heavy atom. The van der Waals surface area contributed by atoms with Gasteiger partial charge in [-0.3, -0.25) is 0 Å². The van der Waals surface area contributed by atoms with E-state index in [1.165, 1.54) is 18.3 Å². The fourth-order valence-electron chi connectivity index (χ4n) is 1.36. The number of carbonyl (C=O) groups excluding carboxylic acids is 1. The number of halogens is 3. The molecular weight excluding hydrogens is 291 g/mol. The molecule has 0 saturated carbocycles. The Morgan fingerprint density at radius 1 is 1.38 bits per heavy atom. The summed E-state index contributed by atoms with van der Waals surface area (Å²) in [5.74, 6) is -0.175. The van der Waals surface area contributed by atoms with Crippen LogP contribution >= 0.6 is 0 Å². The van der Waals surface area contributed by atoms with Gasteiger partial charge in [0.1, 0.15) is 0 Å². The van der Waals surface area contributed by atoms with Gasteiger partial charge in [0.15, 0.2) is 6.61 Å². The fraction of sp³-hybridized carbons (Fsp3) is 0.500. The van der Waals surface area contributed by atoms with E-state index in [2.05, 4.69) is 20.4 Å².